The summed E-state index contributed by atoms with van der Waals surface area (Å²) in [4.78, 5) is 4.27. The highest BCUT2D eigenvalue weighted by molar-refractivity contribution is 4.91. The van der Waals surface area contributed by atoms with Gasteiger partial charge in [0.1, 0.15) is 12.2 Å². The van der Waals surface area contributed by atoms with Gasteiger partial charge in [-0.05, 0) is 26.7 Å². The average molecular weight is 224 g/mol. The summed E-state index contributed by atoms with van der Waals surface area (Å²) in [5, 5.41) is 7.69. The van der Waals surface area contributed by atoms with E-state index in [1.165, 1.54) is 0 Å². The van der Waals surface area contributed by atoms with Gasteiger partial charge in [0.05, 0.1) is 12.6 Å². The van der Waals surface area contributed by atoms with Crippen molar-refractivity contribution in [1.29, 1.82) is 0 Å². The molecule has 0 aliphatic heterocycles. The molecule has 0 aromatic carbocycles. The molecule has 0 unspecified atom stereocenters. The number of hydrogen-bond acceptors (Lipinski definition) is 4. The van der Waals surface area contributed by atoms with Gasteiger partial charge in [-0.3, -0.25) is 0 Å². The molecule has 1 saturated carbocycles. The number of nitrogens with one attached hydrogen (secondary N) is 1. The van der Waals surface area contributed by atoms with Gasteiger partial charge in [-0.2, -0.15) is 5.10 Å². The first kappa shape index (κ1) is 11.5. The second-order valence-corrected chi connectivity index (χ2v) is 4.62. The second kappa shape index (κ2) is 4.93. The van der Waals surface area contributed by atoms with E-state index in [1.807, 2.05) is 4.68 Å². The molecule has 16 heavy (non-hydrogen) atoms. The number of ether oxygens (including phenoxy) is 1. The Morgan fingerprint density at radius 1 is 1.56 bits per heavy atom. The van der Waals surface area contributed by atoms with Crippen LogP contribution in [-0.4, -0.2) is 34.0 Å². The Kier molecular flexibility index (Phi) is 3.56. The summed E-state index contributed by atoms with van der Waals surface area (Å²) in [5.74, 6) is 1.01. The van der Waals surface area contributed by atoms with E-state index in [0.29, 0.717) is 18.2 Å². The van der Waals surface area contributed by atoms with Crippen LogP contribution < -0.4 is 5.32 Å². The third kappa shape index (κ3) is 2.41. The van der Waals surface area contributed by atoms with Gasteiger partial charge >= 0.3 is 0 Å². The molecule has 1 heterocycles. The van der Waals surface area contributed by atoms with Crippen LogP contribution in [0.1, 0.15) is 38.6 Å². The summed E-state index contributed by atoms with van der Waals surface area (Å²) in [6.45, 7) is 5.02. The Hall–Kier alpha value is -0.940. The molecule has 1 N–H and O–H groups in total. The first-order valence-corrected chi connectivity index (χ1v) is 5.85. The molecule has 1 fully saturated rings. The summed E-state index contributed by atoms with van der Waals surface area (Å²) >= 11 is 0. The maximum absolute atomic E-state index is 5.24. The zero-order valence-electron chi connectivity index (χ0n) is 10.2. The van der Waals surface area contributed by atoms with Crippen LogP contribution >= 0.6 is 0 Å². The standard InChI is InChI=1S/C11H20N4O/c1-8(2)15-11(13-7-14-15)6-12-9-4-10(5-9)16-3/h7-10,12H,4-6H2,1-3H3. The van der Waals surface area contributed by atoms with E-state index in [-0.39, 0.29) is 0 Å². The summed E-state index contributed by atoms with van der Waals surface area (Å²) in [5.41, 5.74) is 0. The van der Waals surface area contributed by atoms with Gasteiger partial charge in [0, 0.05) is 19.2 Å². The Balaban J connectivity index is 1.79. The molecule has 90 valence electrons. The average Bonchev–Trinajstić information content (AvgIpc) is 2.64. The highest BCUT2D eigenvalue weighted by atomic mass is 16.5. The molecular weight excluding hydrogens is 204 g/mol. The lowest BCUT2D eigenvalue weighted by molar-refractivity contribution is 0.0167. The third-order valence-electron chi connectivity index (χ3n) is 3.11. The molecule has 5 heteroatoms. The minimum absolute atomic E-state index is 0.368. The van der Waals surface area contributed by atoms with Crippen molar-refractivity contribution in [3.8, 4) is 0 Å². The lowest BCUT2D eigenvalue weighted by Crippen LogP contribution is -2.45. The smallest absolute Gasteiger partial charge is 0.141 e. The van der Waals surface area contributed by atoms with Gasteiger partial charge in [-0.25, -0.2) is 9.67 Å². The van der Waals surface area contributed by atoms with Crippen molar-refractivity contribution in [3.05, 3.63) is 12.2 Å². The Morgan fingerprint density at radius 3 is 2.94 bits per heavy atom. The van der Waals surface area contributed by atoms with Gasteiger partial charge in [-0.1, -0.05) is 0 Å². The minimum atomic E-state index is 0.368. The fourth-order valence-electron chi connectivity index (χ4n) is 1.99. The fraction of sp³-hybridized carbons (Fsp3) is 0.818. The van der Waals surface area contributed by atoms with Crippen molar-refractivity contribution in [2.75, 3.05) is 7.11 Å². The van der Waals surface area contributed by atoms with Crippen LogP contribution in [0.2, 0.25) is 0 Å². The molecule has 1 aromatic heterocycles. The summed E-state index contributed by atoms with van der Waals surface area (Å²) in [6.07, 6.45) is 4.27. The molecule has 1 aliphatic rings. The van der Waals surface area contributed by atoms with E-state index < -0.39 is 0 Å². The highest BCUT2D eigenvalue weighted by Crippen LogP contribution is 2.22. The predicted octanol–water partition coefficient (Wildman–Crippen LogP) is 1.13. The number of hydrogen-bond donors (Lipinski definition) is 1. The second-order valence-electron chi connectivity index (χ2n) is 4.62. The van der Waals surface area contributed by atoms with Crippen molar-refractivity contribution < 1.29 is 4.74 Å². The van der Waals surface area contributed by atoms with Crippen molar-refractivity contribution in [3.63, 3.8) is 0 Å². The van der Waals surface area contributed by atoms with Crippen LogP contribution in [0.25, 0.3) is 0 Å². The number of nitrogens with zero attached hydrogens (tertiary/aromatic N) is 3. The third-order valence-corrected chi connectivity index (χ3v) is 3.11. The summed E-state index contributed by atoms with van der Waals surface area (Å²) < 4.78 is 7.20. The highest BCUT2D eigenvalue weighted by Gasteiger charge is 2.28. The van der Waals surface area contributed by atoms with Crippen LogP contribution in [0, 0.1) is 0 Å². The van der Waals surface area contributed by atoms with Crippen molar-refractivity contribution in [1.82, 2.24) is 20.1 Å². The first-order chi connectivity index (χ1) is 7.70. The van der Waals surface area contributed by atoms with Crippen molar-refractivity contribution in [2.24, 2.45) is 0 Å². The van der Waals surface area contributed by atoms with E-state index in [4.69, 9.17) is 4.74 Å². The van der Waals surface area contributed by atoms with Crippen LogP contribution in [0.4, 0.5) is 0 Å². The van der Waals surface area contributed by atoms with Gasteiger partial charge in [0.15, 0.2) is 0 Å². The van der Waals surface area contributed by atoms with Gasteiger partial charge in [0.2, 0.25) is 0 Å². The lowest BCUT2D eigenvalue weighted by Gasteiger charge is -2.34. The van der Waals surface area contributed by atoms with Crippen LogP contribution in [0.3, 0.4) is 0 Å². The Bertz CT molecular complexity index is 330. The van der Waals surface area contributed by atoms with Gasteiger partial charge in [-0.15, -0.1) is 0 Å². The summed E-state index contributed by atoms with van der Waals surface area (Å²) in [6, 6.07) is 0.940. The molecule has 5 nitrogen and oxygen atoms in total. The van der Waals surface area contributed by atoms with E-state index in [0.717, 1.165) is 25.2 Å². The quantitative estimate of drug-likeness (QED) is 0.814. The first-order valence-electron chi connectivity index (χ1n) is 5.85. The molecule has 0 spiro atoms. The maximum Gasteiger partial charge on any atom is 0.141 e. The molecule has 1 aromatic rings. The monoisotopic (exact) mass is 224 g/mol. The largest absolute Gasteiger partial charge is 0.381 e. The van der Waals surface area contributed by atoms with Crippen LogP contribution in [-0.2, 0) is 11.3 Å². The molecule has 0 amide bonds. The zero-order valence-corrected chi connectivity index (χ0v) is 10.2. The number of rotatable bonds is 5. The normalized spacial score (nSPS) is 24.8. The summed E-state index contributed by atoms with van der Waals surface area (Å²) in [7, 11) is 1.77. The lowest BCUT2D eigenvalue weighted by atomic mass is 9.89. The molecule has 0 bridgehead atoms. The number of methoxy groups -OCH3 is 1. The molecule has 2 rings (SSSR count). The molecule has 0 radical (unpaired) electrons. The molecule has 0 saturated heterocycles. The van der Waals surface area contributed by atoms with Crippen LogP contribution in [0.15, 0.2) is 6.33 Å². The zero-order chi connectivity index (χ0) is 11.5. The molecule has 0 atom stereocenters. The van der Waals surface area contributed by atoms with Gasteiger partial charge in [0.25, 0.3) is 0 Å². The van der Waals surface area contributed by atoms with Gasteiger partial charge < -0.3 is 10.1 Å². The van der Waals surface area contributed by atoms with E-state index >= 15 is 0 Å². The van der Waals surface area contributed by atoms with Crippen molar-refractivity contribution in [2.45, 2.75) is 51.4 Å². The fourth-order valence-corrected chi connectivity index (χ4v) is 1.99. The molecular formula is C11H20N4O. The van der Waals surface area contributed by atoms with E-state index in [9.17, 15) is 0 Å². The Morgan fingerprint density at radius 2 is 2.31 bits per heavy atom. The topological polar surface area (TPSA) is 52.0 Å². The van der Waals surface area contributed by atoms with Crippen LogP contribution in [0.5, 0.6) is 0 Å². The molecule has 1 aliphatic carbocycles. The predicted molar refractivity (Wildman–Crippen MR) is 61.1 cm³/mol. The van der Waals surface area contributed by atoms with E-state index in [1.54, 1.807) is 13.4 Å². The SMILES string of the molecule is COC1CC(NCc2ncnn2C(C)C)C1. The number of aromatic nitrogens is 3. The Labute approximate surface area is 96.2 Å². The minimum Gasteiger partial charge on any atom is -0.381 e. The maximum atomic E-state index is 5.24. The van der Waals surface area contributed by atoms with E-state index in [2.05, 4.69) is 29.2 Å². The van der Waals surface area contributed by atoms with Crippen molar-refractivity contribution >= 4 is 0 Å².